The van der Waals surface area contributed by atoms with Gasteiger partial charge in [0, 0.05) is 23.5 Å². The second kappa shape index (κ2) is 12.6. The maximum atomic E-state index is 13.7. The minimum absolute atomic E-state index is 0.171. The van der Waals surface area contributed by atoms with E-state index < -0.39 is 5.41 Å². The molecule has 8 nitrogen and oxygen atoms in total. The molecular weight excluding hydrogens is 524 g/mol. The molecule has 0 bridgehead atoms. The van der Waals surface area contributed by atoms with Crippen molar-refractivity contribution in [2.45, 2.75) is 51.9 Å². The van der Waals surface area contributed by atoms with Gasteiger partial charge in [-0.05, 0) is 113 Å². The lowest BCUT2D eigenvalue weighted by Gasteiger charge is -2.26. The van der Waals surface area contributed by atoms with Gasteiger partial charge in [0.2, 0.25) is 0 Å². The van der Waals surface area contributed by atoms with E-state index in [0.29, 0.717) is 27.8 Å². The highest BCUT2D eigenvalue weighted by Gasteiger charge is 2.21. The van der Waals surface area contributed by atoms with Gasteiger partial charge in [0.05, 0.1) is 28.1 Å². The summed E-state index contributed by atoms with van der Waals surface area (Å²) in [5.74, 6) is -0.291. The number of fused-ring (bicyclic) bond motifs is 1. The van der Waals surface area contributed by atoms with Crippen LogP contribution in [0.1, 0.15) is 61.0 Å². The summed E-state index contributed by atoms with van der Waals surface area (Å²) in [7, 11) is 0. The van der Waals surface area contributed by atoms with Crippen LogP contribution < -0.4 is 16.2 Å². The molecule has 0 aliphatic carbocycles. The Kier molecular flexibility index (Phi) is 8.69. The largest absolute Gasteiger partial charge is 0.385 e. The summed E-state index contributed by atoms with van der Waals surface area (Å²) in [4.78, 5) is 33.8. The number of carbonyl (C=O) groups excluding carboxylic acids is 1. The maximum Gasteiger partial charge on any atom is 0.265 e. The number of amides is 1. The lowest BCUT2D eigenvalue weighted by atomic mass is 9.85. The number of nitrogens with zero attached hydrogens (tertiary/aromatic N) is 4. The summed E-state index contributed by atoms with van der Waals surface area (Å²) in [5.41, 5.74) is 3.96. The van der Waals surface area contributed by atoms with Gasteiger partial charge in [-0.2, -0.15) is 5.26 Å². The van der Waals surface area contributed by atoms with E-state index in [2.05, 4.69) is 26.6 Å². The van der Waals surface area contributed by atoms with Gasteiger partial charge in [0.15, 0.2) is 0 Å². The SMILES string of the molecule is Cc1ccc(NC(=O)c2cccc(C(C)(C)C#N)c2)cc1-n1cnc2ccc(NCCCN3CCCCC3)cc2c1=O. The Morgan fingerprint density at radius 2 is 1.81 bits per heavy atom. The molecule has 0 unspecified atom stereocenters. The Balaban J connectivity index is 1.34. The Hall–Kier alpha value is -4.48. The zero-order valence-electron chi connectivity index (χ0n) is 24.6. The highest BCUT2D eigenvalue weighted by molar-refractivity contribution is 6.04. The topological polar surface area (TPSA) is 103 Å². The third-order valence-corrected chi connectivity index (χ3v) is 8.04. The van der Waals surface area contributed by atoms with Crippen LogP contribution in [-0.4, -0.2) is 46.5 Å². The van der Waals surface area contributed by atoms with Crippen molar-refractivity contribution in [3.8, 4) is 11.8 Å². The first-order valence-corrected chi connectivity index (χ1v) is 14.7. The molecule has 1 fully saturated rings. The van der Waals surface area contributed by atoms with E-state index in [1.807, 2.05) is 57.2 Å². The zero-order valence-corrected chi connectivity index (χ0v) is 24.6. The molecule has 1 aliphatic rings. The summed E-state index contributed by atoms with van der Waals surface area (Å²) >= 11 is 0. The number of rotatable bonds is 9. The molecule has 1 aliphatic heterocycles. The average Bonchev–Trinajstić information content (AvgIpc) is 3.01. The van der Waals surface area contributed by atoms with Crippen molar-refractivity contribution in [1.29, 1.82) is 5.26 Å². The highest BCUT2D eigenvalue weighted by atomic mass is 16.1. The lowest BCUT2D eigenvalue weighted by Crippen LogP contribution is -2.31. The molecule has 0 saturated carbocycles. The number of nitriles is 1. The third-order valence-electron chi connectivity index (χ3n) is 8.04. The minimum Gasteiger partial charge on any atom is -0.385 e. The van der Waals surface area contributed by atoms with Gasteiger partial charge in [-0.3, -0.25) is 14.2 Å². The highest BCUT2D eigenvalue weighted by Crippen LogP contribution is 2.24. The lowest BCUT2D eigenvalue weighted by molar-refractivity contribution is 0.102. The summed E-state index contributed by atoms with van der Waals surface area (Å²) in [6.07, 6.45) is 6.52. The number of benzene rings is 3. The maximum absolute atomic E-state index is 13.7. The predicted molar refractivity (Wildman–Crippen MR) is 169 cm³/mol. The van der Waals surface area contributed by atoms with Crippen molar-refractivity contribution >= 4 is 28.2 Å². The van der Waals surface area contributed by atoms with Gasteiger partial charge in [0.1, 0.15) is 6.33 Å². The molecule has 2 N–H and O–H groups in total. The van der Waals surface area contributed by atoms with E-state index >= 15 is 0 Å². The summed E-state index contributed by atoms with van der Waals surface area (Å²) < 4.78 is 1.53. The van der Waals surface area contributed by atoms with Gasteiger partial charge in [-0.1, -0.05) is 24.6 Å². The smallest absolute Gasteiger partial charge is 0.265 e. The standard InChI is InChI=1S/C34H38N6O2/c1-24-11-12-28(38-32(41)25-9-7-10-26(19-25)34(2,3)22-35)21-31(24)40-23-37-30-14-13-27(20-29(30)33(40)42)36-15-8-18-39-16-5-4-6-17-39/h7,9-14,19-21,23,36H,4-6,8,15-18H2,1-3H3,(H,38,41). The number of hydrogen-bond donors (Lipinski definition) is 2. The fourth-order valence-corrected chi connectivity index (χ4v) is 5.39. The molecule has 3 aromatic carbocycles. The first-order valence-electron chi connectivity index (χ1n) is 14.7. The van der Waals surface area contributed by atoms with E-state index in [0.717, 1.165) is 36.3 Å². The molecule has 1 amide bonds. The number of aryl methyl sites for hydroxylation is 1. The quantitative estimate of drug-likeness (QED) is 0.241. The number of aromatic nitrogens is 2. The van der Waals surface area contributed by atoms with Crippen LogP contribution in [0.2, 0.25) is 0 Å². The van der Waals surface area contributed by atoms with E-state index in [1.165, 1.54) is 43.2 Å². The second-order valence-electron chi connectivity index (χ2n) is 11.6. The van der Waals surface area contributed by atoms with Crippen LogP contribution in [0.4, 0.5) is 11.4 Å². The third kappa shape index (κ3) is 6.53. The number of nitrogens with one attached hydrogen (secondary N) is 2. The van der Waals surface area contributed by atoms with E-state index in [1.54, 1.807) is 24.3 Å². The second-order valence-corrected chi connectivity index (χ2v) is 11.6. The van der Waals surface area contributed by atoms with Gasteiger partial charge < -0.3 is 15.5 Å². The van der Waals surface area contributed by atoms with Crippen LogP contribution in [0.15, 0.2) is 71.8 Å². The zero-order chi connectivity index (χ0) is 29.7. The summed E-state index contributed by atoms with van der Waals surface area (Å²) in [5, 5.41) is 16.4. The fourth-order valence-electron chi connectivity index (χ4n) is 5.39. The molecule has 0 spiro atoms. The molecule has 2 heterocycles. The van der Waals surface area contributed by atoms with Crippen LogP contribution in [-0.2, 0) is 5.41 Å². The van der Waals surface area contributed by atoms with Crippen LogP contribution >= 0.6 is 0 Å². The van der Waals surface area contributed by atoms with E-state index in [4.69, 9.17) is 0 Å². The fraction of sp³-hybridized carbons (Fsp3) is 0.353. The van der Waals surface area contributed by atoms with Crippen molar-refractivity contribution < 1.29 is 4.79 Å². The molecule has 8 heteroatoms. The van der Waals surface area contributed by atoms with Crippen LogP contribution in [0.25, 0.3) is 16.6 Å². The molecule has 0 atom stereocenters. The van der Waals surface area contributed by atoms with Crippen LogP contribution in [0.3, 0.4) is 0 Å². The molecule has 0 radical (unpaired) electrons. The van der Waals surface area contributed by atoms with Gasteiger partial charge in [-0.15, -0.1) is 0 Å². The molecule has 5 rings (SSSR count). The van der Waals surface area contributed by atoms with Gasteiger partial charge in [0.25, 0.3) is 11.5 Å². The van der Waals surface area contributed by atoms with Crippen molar-refractivity contribution in [3.05, 3.63) is 94.0 Å². The van der Waals surface area contributed by atoms with Crippen LogP contribution in [0, 0.1) is 18.3 Å². The minimum atomic E-state index is -0.708. The number of carbonyl (C=O) groups is 1. The summed E-state index contributed by atoms with van der Waals surface area (Å²) in [6, 6.07) is 20.5. The van der Waals surface area contributed by atoms with Crippen LogP contribution in [0.5, 0.6) is 0 Å². The number of likely N-dealkylation sites (tertiary alicyclic amines) is 1. The monoisotopic (exact) mass is 562 g/mol. The Morgan fingerprint density at radius 3 is 2.60 bits per heavy atom. The first kappa shape index (κ1) is 29.0. The molecule has 216 valence electrons. The van der Waals surface area contributed by atoms with Crippen molar-refractivity contribution in [3.63, 3.8) is 0 Å². The molecule has 4 aromatic rings. The Morgan fingerprint density at radius 1 is 1.02 bits per heavy atom. The Bertz CT molecular complexity index is 1690. The van der Waals surface area contributed by atoms with Crippen molar-refractivity contribution in [2.24, 2.45) is 0 Å². The molecule has 1 saturated heterocycles. The Labute approximate surface area is 247 Å². The number of piperidine rings is 1. The molecule has 42 heavy (non-hydrogen) atoms. The normalized spacial score (nSPS) is 14.0. The molecular formula is C34H38N6O2. The van der Waals surface area contributed by atoms with Crippen molar-refractivity contribution in [2.75, 3.05) is 36.8 Å². The van der Waals surface area contributed by atoms with Gasteiger partial charge >= 0.3 is 0 Å². The summed E-state index contributed by atoms with van der Waals surface area (Å²) in [6.45, 7) is 9.88. The average molecular weight is 563 g/mol. The van der Waals surface area contributed by atoms with Crippen molar-refractivity contribution in [1.82, 2.24) is 14.5 Å². The number of hydrogen-bond acceptors (Lipinski definition) is 6. The first-order chi connectivity index (χ1) is 20.2. The van der Waals surface area contributed by atoms with E-state index in [-0.39, 0.29) is 11.5 Å². The molecule has 1 aromatic heterocycles. The number of anilines is 2. The van der Waals surface area contributed by atoms with E-state index in [9.17, 15) is 14.9 Å². The predicted octanol–water partition coefficient (Wildman–Crippen LogP) is 6.04. The van der Waals surface area contributed by atoms with Gasteiger partial charge in [-0.25, -0.2) is 4.98 Å².